The lowest BCUT2D eigenvalue weighted by Gasteiger charge is -2.30. The average Bonchev–Trinajstić information content (AvgIpc) is 4.19. The van der Waals surface area contributed by atoms with Crippen molar-refractivity contribution < 1.29 is 28.7 Å². The number of methoxy groups -OCH3 is 2. The fraction of sp³-hybridized carbons (Fsp3) is 0.451. The summed E-state index contributed by atoms with van der Waals surface area (Å²) in [6, 6.07) is 20.3. The lowest BCUT2D eigenvalue weighted by molar-refractivity contribution is -0.136. The number of aromatic nitrogens is 4. The van der Waals surface area contributed by atoms with Crippen LogP contribution in [0.3, 0.4) is 0 Å². The summed E-state index contributed by atoms with van der Waals surface area (Å²) in [6.45, 7) is 8.88. The fourth-order valence-electron chi connectivity index (χ4n) is 10.9. The first-order valence-electron chi connectivity index (χ1n) is 23.2. The molecule has 4 heterocycles. The molecule has 3 unspecified atom stereocenters. The van der Waals surface area contributed by atoms with Gasteiger partial charge in [-0.2, -0.15) is 0 Å². The van der Waals surface area contributed by atoms with Crippen LogP contribution in [0, 0.1) is 11.8 Å². The maximum absolute atomic E-state index is 13.7. The number of amides is 4. The molecule has 2 bridgehead atoms. The van der Waals surface area contributed by atoms with Gasteiger partial charge in [0.1, 0.15) is 23.7 Å². The minimum atomic E-state index is -0.682. The number of H-pyrrole nitrogens is 2. The number of nitrogens with one attached hydrogen (secondary N) is 4. The number of likely N-dealkylation sites (tertiary alicyclic amines) is 2. The molecule has 1 saturated carbocycles. The molecule has 6 atom stereocenters. The van der Waals surface area contributed by atoms with Crippen LogP contribution in [0.5, 0.6) is 0 Å². The molecule has 0 radical (unpaired) electrons. The number of benzene rings is 3. The summed E-state index contributed by atoms with van der Waals surface area (Å²) in [5.41, 5.74) is 11.8. The normalized spacial score (nSPS) is 20.9. The van der Waals surface area contributed by atoms with Gasteiger partial charge in [0.05, 0.1) is 50.1 Å². The zero-order valence-electron chi connectivity index (χ0n) is 38.1. The zero-order chi connectivity index (χ0) is 45.5. The third-order valence-electron chi connectivity index (χ3n) is 14.2. The molecule has 5 aromatic rings. The van der Waals surface area contributed by atoms with Crippen LogP contribution in [0.4, 0.5) is 9.59 Å². The first-order chi connectivity index (χ1) is 31.4. The number of ether oxygens (including phenoxy) is 2. The molecule has 14 nitrogen and oxygen atoms in total. The summed E-state index contributed by atoms with van der Waals surface area (Å²) in [5, 5.41) is 5.45. The second-order valence-electron chi connectivity index (χ2n) is 18.8. The molecular formula is C51H60N8O6. The number of carbonyl (C=O) groups excluding carboxylic acids is 4. The number of hydrogen-bond donors (Lipinski definition) is 4. The van der Waals surface area contributed by atoms with Crippen molar-refractivity contribution in [3.05, 3.63) is 95.8 Å². The molecule has 65 heavy (non-hydrogen) atoms. The van der Waals surface area contributed by atoms with E-state index in [0.29, 0.717) is 24.9 Å². The summed E-state index contributed by atoms with van der Waals surface area (Å²) in [4.78, 5) is 71.7. The van der Waals surface area contributed by atoms with Crippen LogP contribution in [0.25, 0.3) is 44.8 Å². The molecular weight excluding hydrogens is 821 g/mol. The highest BCUT2D eigenvalue weighted by Gasteiger charge is 2.41. The summed E-state index contributed by atoms with van der Waals surface area (Å²) in [7, 11) is 2.60. The summed E-state index contributed by atoms with van der Waals surface area (Å²) >= 11 is 0. The van der Waals surface area contributed by atoms with Crippen LogP contribution in [0.2, 0.25) is 0 Å². The van der Waals surface area contributed by atoms with Gasteiger partial charge in [-0.1, -0.05) is 88.4 Å². The second kappa shape index (κ2) is 18.2. The van der Waals surface area contributed by atoms with Crippen molar-refractivity contribution in [3.63, 3.8) is 0 Å². The molecule has 2 aliphatic carbocycles. The maximum Gasteiger partial charge on any atom is 0.407 e. The number of alkyl carbamates (subject to hydrolysis) is 2. The molecule has 3 aromatic carbocycles. The molecule has 0 spiro atoms. The molecule has 14 heteroatoms. The molecule has 4 N–H and O–H groups in total. The Balaban J connectivity index is 0.910. The van der Waals surface area contributed by atoms with Crippen molar-refractivity contribution in [2.75, 3.05) is 27.3 Å². The van der Waals surface area contributed by atoms with Gasteiger partial charge >= 0.3 is 12.2 Å². The van der Waals surface area contributed by atoms with Crippen LogP contribution in [-0.2, 0) is 19.1 Å². The van der Waals surface area contributed by atoms with E-state index < -0.39 is 24.3 Å². The number of fused-ring (bicyclic) bond motifs is 5. The van der Waals surface area contributed by atoms with Crippen molar-refractivity contribution >= 4 is 24.0 Å². The van der Waals surface area contributed by atoms with Crippen molar-refractivity contribution in [3.8, 4) is 44.8 Å². The van der Waals surface area contributed by atoms with Gasteiger partial charge in [0.15, 0.2) is 0 Å². The van der Waals surface area contributed by atoms with Crippen LogP contribution in [0.15, 0.2) is 73.1 Å². The number of aromatic amines is 2. The Hall–Kier alpha value is -6.44. The highest BCUT2D eigenvalue weighted by molar-refractivity contribution is 5.87. The van der Waals surface area contributed by atoms with E-state index in [0.717, 1.165) is 59.8 Å². The van der Waals surface area contributed by atoms with E-state index >= 15 is 0 Å². The van der Waals surface area contributed by atoms with E-state index in [1.165, 1.54) is 66.9 Å². The van der Waals surface area contributed by atoms with Gasteiger partial charge in [0.25, 0.3) is 0 Å². The van der Waals surface area contributed by atoms with Crippen LogP contribution < -0.4 is 10.6 Å². The number of hydrogen-bond acceptors (Lipinski definition) is 8. The first kappa shape index (κ1) is 43.8. The van der Waals surface area contributed by atoms with Gasteiger partial charge in [-0.15, -0.1) is 0 Å². The maximum atomic E-state index is 13.7. The fourth-order valence-corrected chi connectivity index (χ4v) is 10.9. The largest absolute Gasteiger partial charge is 0.453 e. The third-order valence-corrected chi connectivity index (χ3v) is 14.2. The van der Waals surface area contributed by atoms with Gasteiger partial charge in [0, 0.05) is 13.1 Å². The molecule has 2 saturated heterocycles. The van der Waals surface area contributed by atoms with Gasteiger partial charge in [-0.05, 0) is 113 Å². The molecule has 9 rings (SSSR count). The van der Waals surface area contributed by atoms with Gasteiger partial charge in [-0.3, -0.25) is 9.59 Å². The summed E-state index contributed by atoms with van der Waals surface area (Å²) < 4.78 is 9.59. The van der Waals surface area contributed by atoms with E-state index in [9.17, 15) is 19.2 Å². The van der Waals surface area contributed by atoms with Gasteiger partial charge in [-0.25, -0.2) is 19.6 Å². The van der Waals surface area contributed by atoms with Crippen molar-refractivity contribution in [2.45, 2.75) is 109 Å². The van der Waals surface area contributed by atoms with Crippen molar-refractivity contribution in [1.29, 1.82) is 0 Å². The smallest absolute Gasteiger partial charge is 0.407 e. The van der Waals surface area contributed by atoms with Crippen LogP contribution >= 0.6 is 0 Å². The second-order valence-corrected chi connectivity index (χ2v) is 18.8. The number of rotatable bonds is 12. The minimum absolute atomic E-state index is 0.100. The summed E-state index contributed by atoms with van der Waals surface area (Å²) in [5.74, 6) is 2.14. The Morgan fingerprint density at radius 3 is 1.34 bits per heavy atom. The Kier molecular flexibility index (Phi) is 12.3. The number of carbonyl (C=O) groups is 4. The topological polar surface area (TPSA) is 175 Å². The molecule has 4 aliphatic rings. The Bertz CT molecular complexity index is 2390. The Morgan fingerprint density at radius 1 is 0.585 bits per heavy atom. The van der Waals surface area contributed by atoms with Crippen LogP contribution in [0.1, 0.15) is 119 Å². The Morgan fingerprint density at radius 2 is 0.969 bits per heavy atom. The Labute approximate surface area is 380 Å². The number of nitrogens with zero attached hydrogens (tertiary/aromatic N) is 4. The first-order valence-corrected chi connectivity index (χ1v) is 23.2. The molecule has 340 valence electrons. The highest BCUT2D eigenvalue weighted by Crippen LogP contribution is 2.58. The standard InChI is InChI=1S/C51H60N8O6/c1-28(2)44(56-50(62)64-5)48(60)58-23-7-9-40(58)46-52-26-38(54-46)32-15-11-30(12-16-32)36-21-22-37(43-35-20-19-34(25-35)42(36)43)31-13-17-33(18-14-31)39-27-53-47(55-39)41-10-8-24-59(41)49(61)45(29(3)4)57-51(63)65-6/h11-18,21-22,26-29,34-35,40-41,44-45H,7-10,19-20,23-25H2,1-6H3,(H,52,54)(H,53,55)(H,56,62)(H,57,63)/t34?,35?,40-,41-,44-,45?/m0/s1. The predicted molar refractivity (Wildman–Crippen MR) is 248 cm³/mol. The monoisotopic (exact) mass is 880 g/mol. The molecule has 3 fully saturated rings. The molecule has 4 amide bonds. The lowest BCUT2D eigenvalue weighted by Crippen LogP contribution is -2.51. The van der Waals surface area contributed by atoms with E-state index in [4.69, 9.17) is 19.4 Å². The highest BCUT2D eigenvalue weighted by atomic mass is 16.5. The minimum Gasteiger partial charge on any atom is -0.453 e. The van der Waals surface area contributed by atoms with Crippen LogP contribution in [-0.4, -0.2) is 93.1 Å². The zero-order valence-corrected chi connectivity index (χ0v) is 38.1. The molecule has 2 aromatic heterocycles. The lowest BCUT2D eigenvalue weighted by atomic mass is 9.81. The van der Waals surface area contributed by atoms with E-state index in [2.05, 4.69) is 81.3 Å². The SMILES string of the molecule is COC(=O)NC(C(=O)N1CCC[C@H]1c1ncc(-c2ccc(-c3ccc(-c4ccc(-c5cnc([C@@H]6CCCN6C(=O)[C@@H](NC(=O)OC)C(C)C)[nH]5)cc4)c4c3C3CCC4C3)cc2)[nH]1)C(C)C. The van der Waals surface area contributed by atoms with Crippen molar-refractivity contribution in [2.24, 2.45) is 11.8 Å². The van der Waals surface area contributed by atoms with Crippen molar-refractivity contribution in [1.82, 2.24) is 40.4 Å². The predicted octanol–water partition coefficient (Wildman–Crippen LogP) is 9.25. The quantitative estimate of drug-likeness (QED) is 0.0960. The van der Waals surface area contributed by atoms with E-state index in [1.54, 1.807) is 0 Å². The van der Waals surface area contributed by atoms with E-state index in [1.807, 2.05) is 49.9 Å². The van der Waals surface area contributed by atoms with Gasteiger partial charge < -0.3 is 39.9 Å². The number of imidazole rings is 2. The van der Waals surface area contributed by atoms with E-state index in [-0.39, 0.29) is 35.7 Å². The third kappa shape index (κ3) is 8.39. The van der Waals surface area contributed by atoms with Gasteiger partial charge in [0.2, 0.25) is 11.8 Å². The average molecular weight is 881 g/mol. The molecule has 2 aliphatic heterocycles. The summed E-state index contributed by atoms with van der Waals surface area (Å²) in [6.07, 6.45) is 9.40.